The van der Waals surface area contributed by atoms with E-state index in [0.29, 0.717) is 24.7 Å². The Bertz CT molecular complexity index is 935. The number of nitro groups is 1. The van der Waals surface area contributed by atoms with E-state index in [1.165, 1.54) is 36.4 Å². The molecule has 11 heteroatoms. The predicted octanol–water partition coefficient (Wildman–Crippen LogP) is 1.86. The molecule has 1 heterocycles. The van der Waals surface area contributed by atoms with Gasteiger partial charge in [0.15, 0.2) is 23.9 Å². The molecule has 2 N–H and O–H groups in total. The SMILES string of the molecule is O=C(COc1ccccc1[N+](=O)[O-])NNC(=O)c1cc(Cl)c2c(c1)OCCO2. The number of carbonyl (C=O) groups excluding carboxylic acids is 2. The fourth-order valence-electron chi connectivity index (χ4n) is 2.35. The summed E-state index contributed by atoms with van der Waals surface area (Å²) in [5.41, 5.74) is 4.22. The van der Waals surface area contributed by atoms with Gasteiger partial charge in [0.1, 0.15) is 13.2 Å². The van der Waals surface area contributed by atoms with Crippen LogP contribution < -0.4 is 25.1 Å². The van der Waals surface area contributed by atoms with Gasteiger partial charge in [0.25, 0.3) is 11.8 Å². The van der Waals surface area contributed by atoms with Crippen LogP contribution in [0.5, 0.6) is 17.2 Å². The number of rotatable bonds is 5. The van der Waals surface area contributed by atoms with Gasteiger partial charge in [-0.05, 0) is 18.2 Å². The molecule has 0 aliphatic carbocycles. The van der Waals surface area contributed by atoms with E-state index in [2.05, 4.69) is 10.9 Å². The van der Waals surface area contributed by atoms with Crippen molar-refractivity contribution >= 4 is 29.1 Å². The Morgan fingerprint density at radius 2 is 1.93 bits per heavy atom. The van der Waals surface area contributed by atoms with Crippen LogP contribution in [0.2, 0.25) is 5.02 Å². The lowest BCUT2D eigenvalue weighted by molar-refractivity contribution is -0.385. The average Bonchev–Trinajstić information content (AvgIpc) is 2.70. The summed E-state index contributed by atoms with van der Waals surface area (Å²) in [6, 6.07) is 8.44. The normalized spacial score (nSPS) is 12.0. The van der Waals surface area contributed by atoms with E-state index in [1.807, 2.05) is 0 Å². The van der Waals surface area contributed by atoms with E-state index in [4.69, 9.17) is 25.8 Å². The van der Waals surface area contributed by atoms with Crippen LogP contribution in [0, 0.1) is 10.1 Å². The lowest BCUT2D eigenvalue weighted by Crippen LogP contribution is -2.43. The van der Waals surface area contributed by atoms with Crippen LogP contribution in [0.4, 0.5) is 5.69 Å². The molecule has 0 saturated heterocycles. The molecule has 0 unspecified atom stereocenters. The Labute approximate surface area is 163 Å². The van der Waals surface area contributed by atoms with E-state index in [-0.39, 0.29) is 22.0 Å². The van der Waals surface area contributed by atoms with Crippen LogP contribution in [0.15, 0.2) is 36.4 Å². The Morgan fingerprint density at radius 3 is 2.71 bits per heavy atom. The van der Waals surface area contributed by atoms with Gasteiger partial charge in [0, 0.05) is 11.6 Å². The zero-order chi connectivity index (χ0) is 20.1. The first-order valence-electron chi connectivity index (χ1n) is 8.00. The molecule has 0 radical (unpaired) electrons. The number of carbonyl (C=O) groups is 2. The number of amides is 2. The third kappa shape index (κ3) is 4.41. The topological polar surface area (TPSA) is 129 Å². The fourth-order valence-corrected chi connectivity index (χ4v) is 2.62. The van der Waals surface area contributed by atoms with E-state index in [0.717, 1.165) is 0 Å². The van der Waals surface area contributed by atoms with Crippen molar-refractivity contribution < 1.29 is 28.7 Å². The summed E-state index contributed by atoms with van der Waals surface area (Å²) in [4.78, 5) is 34.3. The number of fused-ring (bicyclic) bond motifs is 1. The maximum absolute atomic E-state index is 12.2. The van der Waals surface area contributed by atoms with E-state index in [1.54, 1.807) is 0 Å². The Balaban J connectivity index is 1.56. The van der Waals surface area contributed by atoms with Crippen molar-refractivity contribution in [1.82, 2.24) is 10.9 Å². The minimum Gasteiger partial charge on any atom is -0.486 e. The quantitative estimate of drug-likeness (QED) is 0.571. The molecule has 0 aromatic heterocycles. The van der Waals surface area contributed by atoms with Crippen LogP contribution >= 0.6 is 11.6 Å². The van der Waals surface area contributed by atoms with Crippen LogP contribution in [0.3, 0.4) is 0 Å². The molecule has 10 nitrogen and oxygen atoms in total. The minimum absolute atomic E-state index is 0.0624. The summed E-state index contributed by atoms with van der Waals surface area (Å²) in [5.74, 6) is -0.734. The van der Waals surface area contributed by atoms with E-state index >= 15 is 0 Å². The molecule has 1 aliphatic heterocycles. The first-order valence-corrected chi connectivity index (χ1v) is 8.38. The lowest BCUT2D eigenvalue weighted by atomic mass is 10.2. The average molecular weight is 408 g/mol. The number of hydrogen-bond donors (Lipinski definition) is 2. The van der Waals surface area contributed by atoms with Gasteiger partial charge in [-0.25, -0.2) is 0 Å². The molecule has 2 amide bonds. The number of hydrogen-bond acceptors (Lipinski definition) is 7. The standard InChI is InChI=1S/C17H14ClN3O7/c18-11-7-10(8-14-16(11)27-6-5-26-14)17(23)20-19-15(22)9-28-13-4-2-1-3-12(13)21(24)25/h1-4,7-8H,5-6,9H2,(H,19,22)(H,20,23). The van der Waals surface area contributed by atoms with E-state index in [9.17, 15) is 19.7 Å². The van der Waals surface area contributed by atoms with E-state index < -0.39 is 23.3 Å². The summed E-state index contributed by atoms with van der Waals surface area (Å²) in [6.07, 6.45) is 0. The first kappa shape index (κ1) is 19.2. The second-order valence-corrected chi connectivity index (χ2v) is 5.91. The van der Waals surface area contributed by atoms with Gasteiger partial charge < -0.3 is 14.2 Å². The molecule has 3 rings (SSSR count). The smallest absolute Gasteiger partial charge is 0.310 e. The molecule has 0 atom stereocenters. The van der Waals surface area contributed by atoms with Crippen LogP contribution in [0.25, 0.3) is 0 Å². The largest absolute Gasteiger partial charge is 0.486 e. The summed E-state index contributed by atoms with van der Waals surface area (Å²) < 4.78 is 15.9. The molecular formula is C17H14ClN3O7. The number of ether oxygens (including phenoxy) is 3. The summed E-state index contributed by atoms with van der Waals surface area (Å²) in [6.45, 7) is 0.148. The van der Waals surface area contributed by atoms with Gasteiger partial charge in [-0.1, -0.05) is 23.7 Å². The van der Waals surface area contributed by atoms with Crippen molar-refractivity contribution in [3.05, 3.63) is 57.1 Å². The van der Waals surface area contributed by atoms with Gasteiger partial charge in [-0.15, -0.1) is 0 Å². The van der Waals surface area contributed by atoms with Gasteiger partial charge in [0.05, 0.1) is 9.95 Å². The number of hydrazine groups is 1. The first-order chi connectivity index (χ1) is 13.5. The van der Waals surface area contributed by atoms with Gasteiger partial charge in [-0.2, -0.15) is 0 Å². The molecule has 0 spiro atoms. The highest BCUT2D eigenvalue weighted by Crippen LogP contribution is 2.38. The summed E-state index contributed by atoms with van der Waals surface area (Å²) >= 11 is 6.06. The molecule has 0 fully saturated rings. The Kier molecular flexibility index (Phi) is 5.80. The predicted molar refractivity (Wildman–Crippen MR) is 96.6 cm³/mol. The van der Waals surface area contributed by atoms with Gasteiger partial charge in [0.2, 0.25) is 0 Å². The molecule has 1 aliphatic rings. The van der Waals surface area contributed by atoms with Crippen molar-refractivity contribution in [3.63, 3.8) is 0 Å². The van der Waals surface area contributed by atoms with Crippen molar-refractivity contribution in [2.75, 3.05) is 19.8 Å². The molecule has 0 saturated carbocycles. The zero-order valence-corrected chi connectivity index (χ0v) is 15.0. The zero-order valence-electron chi connectivity index (χ0n) is 14.3. The van der Waals surface area contributed by atoms with Crippen molar-refractivity contribution in [2.24, 2.45) is 0 Å². The highest BCUT2D eigenvalue weighted by molar-refractivity contribution is 6.32. The summed E-state index contributed by atoms with van der Waals surface area (Å²) in [7, 11) is 0. The number of para-hydroxylation sites is 2. The number of nitrogens with zero attached hydrogens (tertiary/aromatic N) is 1. The van der Waals surface area contributed by atoms with Crippen molar-refractivity contribution in [1.29, 1.82) is 0 Å². The van der Waals surface area contributed by atoms with Gasteiger partial charge in [-0.3, -0.25) is 30.6 Å². The van der Waals surface area contributed by atoms with Crippen LogP contribution in [0.1, 0.15) is 10.4 Å². The number of halogens is 1. The maximum Gasteiger partial charge on any atom is 0.310 e. The van der Waals surface area contributed by atoms with Crippen molar-refractivity contribution in [3.8, 4) is 17.2 Å². The molecule has 2 aromatic rings. The van der Waals surface area contributed by atoms with Gasteiger partial charge >= 0.3 is 5.69 Å². The molecule has 0 bridgehead atoms. The fraction of sp³-hybridized carbons (Fsp3) is 0.176. The second-order valence-electron chi connectivity index (χ2n) is 5.50. The third-order valence-electron chi connectivity index (χ3n) is 3.60. The minimum atomic E-state index is -0.713. The maximum atomic E-state index is 12.2. The monoisotopic (exact) mass is 407 g/mol. The molecule has 28 heavy (non-hydrogen) atoms. The van der Waals surface area contributed by atoms with Crippen LogP contribution in [-0.4, -0.2) is 36.6 Å². The van der Waals surface area contributed by atoms with Crippen LogP contribution in [-0.2, 0) is 4.79 Å². The number of nitro benzene ring substituents is 1. The highest BCUT2D eigenvalue weighted by atomic mass is 35.5. The van der Waals surface area contributed by atoms with Crippen molar-refractivity contribution in [2.45, 2.75) is 0 Å². The second kappa shape index (κ2) is 8.44. The third-order valence-corrected chi connectivity index (χ3v) is 3.88. The number of nitrogens with one attached hydrogen (secondary N) is 2. The molecular weight excluding hydrogens is 394 g/mol. The summed E-state index contributed by atoms with van der Waals surface area (Å²) in [5, 5.41) is 11.1. The lowest BCUT2D eigenvalue weighted by Gasteiger charge is -2.20. The highest BCUT2D eigenvalue weighted by Gasteiger charge is 2.20. The number of benzene rings is 2. The molecule has 146 valence electrons. The Hall–Kier alpha value is -3.53. The Morgan fingerprint density at radius 1 is 1.18 bits per heavy atom. The molecule has 2 aromatic carbocycles.